The number of esters is 4. The zero-order chi connectivity index (χ0) is 67.9. The summed E-state index contributed by atoms with van der Waals surface area (Å²) in [6.07, 6.45) is 53.6. The average molecular weight is 1350 g/mol. The Kier molecular flexibility index (Phi) is 62.8. The second-order valence-electron chi connectivity index (χ2n) is 26.4. The van der Waals surface area contributed by atoms with Crippen molar-refractivity contribution in [2.45, 2.75) is 368 Å². The topological polar surface area (TPSA) is 237 Å². The van der Waals surface area contributed by atoms with E-state index < -0.39 is 97.5 Å². The van der Waals surface area contributed by atoms with Crippen LogP contribution in [0.15, 0.2) is 24.3 Å². The van der Waals surface area contributed by atoms with E-state index >= 15 is 0 Å². The van der Waals surface area contributed by atoms with Crippen molar-refractivity contribution in [1.82, 2.24) is 0 Å². The van der Waals surface area contributed by atoms with Gasteiger partial charge in [0.1, 0.15) is 19.3 Å². The first-order valence-electron chi connectivity index (χ1n) is 37.3. The molecule has 0 aliphatic rings. The van der Waals surface area contributed by atoms with E-state index in [0.29, 0.717) is 25.7 Å². The predicted molar refractivity (Wildman–Crippen MR) is 372 cm³/mol. The lowest BCUT2D eigenvalue weighted by Crippen LogP contribution is -2.30. The van der Waals surface area contributed by atoms with Gasteiger partial charge >= 0.3 is 39.5 Å². The van der Waals surface area contributed by atoms with Crippen LogP contribution in [0.3, 0.4) is 0 Å². The summed E-state index contributed by atoms with van der Waals surface area (Å²) in [7, 11) is -9.91. The summed E-state index contributed by atoms with van der Waals surface area (Å²) in [6, 6.07) is 0. The number of carbonyl (C=O) groups excluding carboxylic acids is 4. The number of phosphoric acid groups is 2. The minimum Gasteiger partial charge on any atom is -0.462 e. The Bertz CT molecular complexity index is 1880. The summed E-state index contributed by atoms with van der Waals surface area (Å²) in [4.78, 5) is 72.6. The van der Waals surface area contributed by atoms with Crippen LogP contribution in [0.5, 0.6) is 0 Å². The molecule has 0 heterocycles. The Morgan fingerprint density at radius 2 is 0.641 bits per heavy atom. The van der Waals surface area contributed by atoms with Gasteiger partial charge in [0.25, 0.3) is 0 Å². The second kappa shape index (κ2) is 64.5. The first-order valence-corrected chi connectivity index (χ1v) is 40.3. The monoisotopic (exact) mass is 1350 g/mol. The summed E-state index contributed by atoms with van der Waals surface area (Å²) >= 11 is 0. The van der Waals surface area contributed by atoms with Crippen LogP contribution in [0.25, 0.3) is 0 Å². The van der Waals surface area contributed by atoms with Gasteiger partial charge in [-0.2, -0.15) is 0 Å². The van der Waals surface area contributed by atoms with E-state index in [-0.39, 0.29) is 25.7 Å². The molecule has 3 unspecified atom stereocenters. The van der Waals surface area contributed by atoms with Crippen LogP contribution in [0.4, 0.5) is 0 Å². The molecule has 0 aliphatic carbocycles. The molecule has 0 aliphatic heterocycles. The van der Waals surface area contributed by atoms with Crippen molar-refractivity contribution in [3.8, 4) is 0 Å². The van der Waals surface area contributed by atoms with E-state index in [9.17, 15) is 43.2 Å². The number of rotatable bonds is 70. The van der Waals surface area contributed by atoms with Crippen molar-refractivity contribution in [3.05, 3.63) is 24.3 Å². The fraction of sp³-hybridized carbons (Fsp3) is 0.890. The normalized spacial score (nSPS) is 14.5. The van der Waals surface area contributed by atoms with Crippen LogP contribution >= 0.6 is 15.6 Å². The molecule has 0 aromatic heterocycles. The van der Waals surface area contributed by atoms with Crippen LogP contribution in [-0.4, -0.2) is 96.7 Å². The van der Waals surface area contributed by atoms with E-state index in [0.717, 1.165) is 121 Å². The van der Waals surface area contributed by atoms with Crippen molar-refractivity contribution in [1.29, 1.82) is 0 Å². The quantitative estimate of drug-likeness (QED) is 0.0169. The molecule has 0 aromatic rings. The van der Waals surface area contributed by atoms with Crippen molar-refractivity contribution >= 4 is 39.5 Å². The maximum atomic E-state index is 13.0. The van der Waals surface area contributed by atoms with E-state index in [1.165, 1.54) is 148 Å². The number of aliphatic hydroxyl groups is 1. The SMILES string of the molecule is CCCCCC/C=C\C=C/CCCCCCCC(=O)OC[C@H](COP(=O)(O)OC[C@@H](O)COP(=O)(O)OC[C@@H](COC(=O)CCCCCCCCCCC)OC(=O)CCCCCCCCC(C)CC)OC(=O)CCCCCCCCCCCCCCCCCC(C)C. The molecule has 542 valence electrons. The minimum atomic E-state index is -4.96. The summed E-state index contributed by atoms with van der Waals surface area (Å²) in [5.41, 5.74) is 0. The fourth-order valence-electron chi connectivity index (χ4n) is 10.5. The number of hydrogen-bond acceptors (Lipinski definition) is 15. The summed E-state index contributed by atoms with van der Waals surface area (Å²) in [5.74, 6) is -0.635. The summed E-state index contributed by atoms with van der Waals surface area (Å²) in [5, 5.41) is 10.6. The largest absolute Gasteiger partial charge is 0.472 e. The first kappa shape index (κ1) is 89.5. The first-order chi connectivity index (χ1) is 44.4. The van der Waals surface area contributed by atoms with Gasteiger partial charge in [-0.1, -0.05) is 297 Å². The van der Waals surface area contributed by atoms with Gasteiger partial charge in [-0.25, -0.2) is 9.13 Å². The van der Waals surface area contributed by atoms with Gasteiger partial charge in [0, 0.05) is 25.7 Å². The minimum absolute atomic E-state index is 0.101. The highest BCUT2D eigenvalue weighted by Gasteiger charge is 2.30. The van der Waals surface area contributed by atoms with Gasteiger partial charge in [-0.3, -0.25) is 37.3 Å². The van der Waals surface area contributed by atoms with E-state index in [2.05, 4.69) is 65.8 Å². The number of aliphatic hydroxyl groups excluding tert-OH is 1. The summed E-state index contributed by atoms with van der Waals surface area (Å²) in [6.45, 7) is 9.46. The van der Waals surface area contributed by atoms with E-state index in [4.69, 9.17) is 37.0 Å². The highest BCUT2D eigenvalue weighted by molar-refractivity contribution is 7.47. The average Bonchev–Trinajstić information content (AvgIpc) is 2.73. The molecule has 0 aromatic carbocycles. The fourth-order valence-corrected chi connectivity index (χ4v) is 12.1. The van der Waals surface area contributed by atoms with E-state index in [1.807, 2.05) is 0 Å². The van der Waals surface area contributed by atoms with E-state index in [1.54, 1.807) is 0 Å². The van der Waals surface area contributed by atoms with Crippen LogP contribution < -0.4 is 0 Å². The second-order valence-corrected chi connectivity index (χ2v) is 29.3. The van der Waals surface area contributed by atoms with Gasteiger partial charge in [0.15, 0.2) is 12.2 Å². The van der Waals surface area contributed by atoms with Crippen molar-refractivity contribution in [2.24, 2.45) is 11.8 Å². The molecular weight excluding hydrogens is 1210 g/mol. The summed E-state index contributed by atoms with van der Waals surface area (Å²) < 4.78 is 68.3. The molecule has 0 fully saturated rings. The highest BCUT2D eigenvalue weighted by atomic mass is 31.2. The molecule has 0 radical (unpaired) electrons. The molecule has 3 N–H and O–H groups in total. The molecule has 0 saturated carbocycles. The lowest BCUT2D eigenvalue weighted by Gasteiger charge is -2.21. The maximum absolute atomic E-state index is 13.0. The molecule has 92 heavy (non-hydrogen) atoms. The molecule has 0 amide bonds. The van der Waals surface area contributed by atoms with Gasteiger partial charge in [0.2, 0.25) is 0 Å². The van der Waals surface area contributed by atoms with Crippen molar-refractivity contribution < 1.29 is 80.2 Å². The highest BCUT2D eigenvalue weighted by Crippen LogP contribution is 2.45. The lowest BCUT2D eigenvalue weighted by atomic mass is 10.00. The Balaban J connectivity index is 5.26. The zero-order valence-corrected chi connectivity index (χ0v) is 61.1. The molecule has 6 atom stereocenters. The molecule has 0 saturated heterocycles. The molecule has 0 spiro atoms. The molecule has 0 bridgehead atoms. The van der Waals surface area contributed by atoms with Crippen molar-refractivity contribution in [3.63, 3.8) is 0 Å². The molecule has 17 nitrogen and oxygen atoms in total. The molecule has 19 heteroatoms. The number of carbonyl (C=O) groups is 4. The van der Waals surface area contributed by atoms with Crippen LogP contribution in [0, 0.1) is 11.8 Å². The van der Waals surface area contributed by atoms with Gasteiger partial charge < -0.3 is 33.8 Å². The molecular formula is C73H138O17P2. The zero-order valence-electron chi connectivity index (χ0n) is 59.3. The number of allylic oxidation sites excluding steroid dienone is 4. The Hall–Kier alpha value is -2.46. The Labute approximate surface area is 561 Å². The Morgan fingerprint density at radius 1 is 0.359 bits per heavy atom. The number of hydrogen-bond donors (Lipinski definition) is 3. The van der Waals surface area contributed by atoms with Gasteiger partial charge in [-0.15, -0.1) is 0 Å². The maximum Gasteiger partial charge on any atom is 0.472 e. The lowest BCUT2D eigenvalue weighted by molar-refractivity contribution is -0.161. The number of phosphoric ester groups is 2. The third-order valence-electron chi connectivity index (χ3n) is 16.7. The van der Waals surface area contributed by atoms with Crippen LogP contribution in [-0.2, 0) is 65.4 Å². The standard InChI is InChI=1S/C73H138O17P2/c1-7-10-12-14-16-18-19-20-22-26-29-33-37-44-50-56-71(76)84-61-68(89-72(77)57-51-45-38-34-30-27-24-21-23-25-28-32-35-41-47-53-65(4)5)63-87-91(79,80)85-59-67(74)60-86-92(81,82)88-64-69(62-83-70(75)55-49-43-36-31-17-15-13-11-8-2)90-73(78)58-52-46-40-39-42-48-54-66(6)9-3/h18-20,22,65-69,74H,7-17,21,23-64H2,1-6H3,(H,79,80)(H,81,82)/b19-18-,22-20-/t66?,67-,68-,69-/m1/s1. The Morgan fingerprint density at radius 3 is 0.978 bits per heavy atom. The third kappa shape index (κ3) is 64.9. The van der Waals surface area contributed by atoms with Gasteiger partial charge in [0.05, 0.1) is 26.4 Å². The van der Waals surface area contributed by atoms with Crippen LogP contribution in [0.1, 0.15) is 350 Å². The van der Waals surface area contributed by atoms with Gasteiger partial charge in [-0.05, 0) is 63.2 Å². The smallest absolute Gasteiger partial charge is 0.462 e. The third-order valence-corrected chi connectivity index (χ3v) is 18.6. The number of unbranched alkanes of at least 4 members (excludes halogenated alkanes) is 36. The van der Waals surface area contributed by atoms with Crippen LogP contribution in [0.2, 0.25) is 0 Å². The number of ether oxygens (including phenoxy) is 4. The van der Waals surface area contributed by atoms with Crippen molar-refractivity contribution in [2.75, 3.05) is 39.6 Å². The predicted octanol–water partition coefficient (Wildman–Crippen LogP) is 20.7. The molecule has 0 rings (SSSR count).